The van der Waals surface area contributed by atoms with Gasteiger partial charge >= 0.3 is 5.97 Å². The predicted molar refractivity (Wildman–Crippen MR) is 101 cm³/mol. The lowest BCUT2D eigenvalue weighted by Gasteiger charge is -2.05. The van der Waals surface area contributed by atoms with Gasteiger partial charge < -0.3 is 19.5 Å². The molecule has 1 aliphatic rings. The van der Waals surface area contributed by atoms with E-state index in [2.05, 4.69) is 5.32 Å². The largest absolute Gasteiger partial charge is 0.462 e. The van der Waals surface area contributed by atoms with Gasteiger partial charge in [0.15, 0.2) is 17.3 Å². The highest BCUT2D eigenvalue weighted by atomic mass is 16.7. The normalized spacial score (nSPS) is 12.2. The van der Waals surface area contributed by atoms with E-state index in [0.717, 1.165) is 18.5 Å². The molecule has 2 aromatic rings. The van der Waals surface area contributed by atoms with Gasteiger partial charge in [-0.3, -0.25) is 4.79 Å². The maximum Gasteiger partial charge on any atom is 0.338 e. The maximum absolute atomic E-state index is 12.2. The van der Waals surface area contributed by atoms with Crippen molar-refractivity contribution in [2.24, 2.45) is 0 Å². The molecule has 3 rings (SSSR count). The number of hydrogen-bond donors (Lipinski definition) is 1. The van der Waals surface area contributed by atoms with E-state index in [1.54, 1.807) is 48.7 Å². The summed E-state index contributed by atoms with van der Waals surface area (Å²) < 4.78 is 15.7. The van der Waals surface area contributed by atoms with Gasteiger partial charge in [-0.25, -0.2) is 4.79 Å². The Balaban J connectivity index is 1.53. The molecule has 0 saturated heterocycles. The van der Waals surface area contributed by atoms with Crippen LogP contribution in [0.3, 0.4) is 0 Å². The molecule has 0 unspecified atom stereocenters. The number of hydrogen-bond acceptors (Lipinski definition) is 6. The van der Waals surface area contributed by atoms with Crippen molar-refractivity contribution in [3.63, 3.8) is 0 Å². The van der Waals surface area contributed by atoms with Crippen LogP contribution in [0.2, 0.25) is 0 Å². The summed E-state index contributed by atoms with van der Waals surface area (Å²) in [5.41, 5.74) is 1.77. The summed E-state index contributed by atoms with van der Waals surface area (Å²) in [6.07, 6.45) is 4.83. The zero-order chi connectivity index (χ0) is 19.1. The third-order valence-corrected chi connectivity index (χ3v) is 3.99. The summed E-state index contributed by atoms with van der Waals surface area (Å²) in [5.74, 6) is 0.728. The Kier molecular flexibility index (Phi) is 6.10. The van der Waals surface area contributed by atoms with E-state index in [4.69, 9.17) is 14.2 Å². The van der Waals surface area contributed by atoms with E-state index in [9.17, 15) is 9.59 Å². The molecule has 2 aromatic carbocycles. The van der Waals surface area contributed by atoms with Crippen LogP contribution in [0, 0.1) is 0 Å². The Bertz CT molecular complexity index is 842. The van der Waals surface area contributed by atoms with Crippen LogP contribution in [0.25, 0.3) is 0 Å². The molecule has 0 bridgehead atoms. The van der Waals surface area contributed by atoms with Gasteiger partial charge in [0.25, 0.3) is 0 Å². The SMILES string of the molecule is CCCCOC(=O)c1ccc(N/C=C/C(=O)c2ccc3c(c2)OCO3)cc1. The second-order valence-electron chi connectivity index (χ2n) is 5.98. The molecule has 1 aliphatic heterocycles. The minimum atomic E-state index is -0.330. The third-order valence-electron chi connectivity index (χ3n) is 3.99. The highest BCUT2D eigenvalue weighted by molar-refractivity contribution is 6.05. The number of ketones is 1. The number of nitrogens with one attached hydrogen (secondary N) is 1. The molecule has 6 nitrogen and oxygen atoms in total. The van der Waals surface area contributed by atoms with Crippen LogP contribution in [0.1, 0.15) is 40.5 Å². The molecule has 0 aliphatic carbocycles. The molecule has 0 fully saturated rings. The lowest BCUT2D eigenvalue weighted by molar-refractivity contribution is 0.0499. The Morgan fingerprint density at radius 2 is 1.81 bits per heavy atom. The van der Waals surface area contributed by atoms with Crippen LogP contribution >= 0.6 is 0 Å². The van der Waals surface area contributed by atoms with Gasteiger partial charge in [0.05, 0.1) is 12.2 Å². The van der Waals surface area contributed by atoms with Crippen molar-refractivity contribution in [3.05, 3.63) is 65.9 Å². The molecular weight excluding hydrogens is 346 g/mol. The summed E-state index contributed by atoms with van der Waals surface area (Å²) in [4.78, 5) is 24.1. The number of anilines is 1. The molecule has 0 amide bonds. The van der Waals surface area contributed by atoms with Gasteiger partial charge in [-0.2, -0.15) is 0 Å². The average molecular weight is 367 g/mol. The second kappa shape index (κ2) is 8.89. The van der Waals surface area contributed by atoms with Crippen LogP contribution < -0.4 is 14.8 Å². The van der Waals surface area contributed by atoms with E-state index < -0.39 is 0 Å². The first kappa shape index (κ1) is 18.5. The first-order valence-corrected chi connectivity index (χ1v) is 8.81. The molecule has 6 heteroatoms. The van der Waals surface area contributed by atoms with E-state index in [0.29, 0.717) is 29.2 Å². The fourth-order valence-electron chi connectivity index (χ4n) is 2.45. The Labute approximate surface area is 157 Å². The molecule has 0 aromatic heterocycles. The zero-order valence-corrected chi connectivity index (χ0v) is 15.1. The van der Waals surface area contributed by atoms with Gasteiger partial charge in [0.1, 0.15) is 0 Å². The number of unbranched alkanes of at least 4 members (excludes halogenated alkanes) is 1. The zero-order valence-electron chi connectivity index (χ0n) is 15.1. The quantitative estimate of drug-likeness (QED) is 0.327. The fourth-order valence-corrected chi connectivity index (χ4v) is 2.45. The van der Waals surface area contributed by atoms with Crippen LogP contribution in [-0.2, 0) is 4.74 Å². The maximum atomic E-state index is 12.2. The third kappa shape index (κ3) is 4.88. The van der Waals surface area contributed by atoms with Crippen LogP contribution in [0.4, 0.5) is 5.69 Å². The van der Waals surface area contributed by atoms with Crippen molar-refractivity contribution < 1.29 is 23.8 Å². The van der Waals surface area contributed by atoms with Crippen LogP contribution in [0.15, 0.2) is 54.7 Å². The van der Waals surface area contributed by atoms with Crippen LogP contribution in [-0.4, -0.2) is 25.2 Å². The van der Waals surface area contributed by atoms with E-state index in [1.807, 2.05) is 6.92 Å². The van der Waals surface area contributed by atoms with E-state index >= 15 is 0 Å². The lowest BCUT2D eigenvalue weighted by atomic mass is 10.1. The van der Waals surface area contributed by atoms with E-state index in [1.165, 1.54) is 6.08 Å². The van der Waals surface area contributed by atoms with Gasteiger partial charge in [-0.05, 0) is 48.9 Å². The first-order chi connectivity index (χ1) is 13.2. The highest BCUT2D eigenvalue weighted by Gasteiger charge is 2.15. The molecular formula is C21H21NO5. The Hall–Kier alpha value is -3.28. The molecule has 0 spiro atoms. The van der Waals surface area contributed by atoms with Gasteiger partial charge in [0, 0.05) is 23.5 Å². The molecule has 1 N–H and O–H groups in total. The average Bonchev–Trinajstić information content (AvgIpc) is 3.16. The summed E-state index contributed by atoms with van der Waals surface area (Å²) in [5, 5.41) is 3.01. The van der Waals surface area contributed by atoms with Crippen molar-refractivity contribution in [1.29, 1.82) is 0 Å². The lowest BCUT2D eigenvalue weighted by Crippen LogP contribution is -2.06. The van der Waals surface area contributed by atoms with Crippen molar-refractivity contribution in [1.82, 2.24) is 0 Å². The van der Waals surface area contributed by atoms with Crippen LogP contribution in [0.5, 0.6) is 11.5 Å². The number of esters is 1. The predicted octanol–water partition coefficient (Wildman–Crippen LogP) is 4.18. The number of rotatable bonds is 8. The summed E-state index contributed by atoms with van der Waals surface area (Å²) in [6, 6.07) is 12.0. The van der Waals surface area contributed by atoms with E-state index in [-0.39, 0.29) is 18.5 Å². The monoisotopic (exact) mass is 367 g/mol. The molecule has 0 radical (unpaired) electrons. The summed E-state index contributed by atoms with van der Waals surface area (Å²) >= 11 is 0. The number of allylic oxidation sites excluding steroid dienone is 1. The molecule has 0 saturated carbocycles. The van der Waals surface area contributed by atoms with Crippen molar-refractivity contribution >= 4 is 17.4 Å². The first-order valence-electron chi connectivity index (χ1n) is 8.81. The second-order valence-corrected chi connectivity index (χ2v) is 5.98. The topological polar surface area (TPSA) is 73.9 Å². The minimum Gasteiger partial charge on any atom is -0.462 e. The van der Waals surface area contributed by atoms with Gasteiger partial charge in [0.2, 0.25) is 6.79 Å². The Morgan fingerprint density at radius 1 is 1.07 bits per heavy atom. The molecule has 27 heavy (non-hydrogen) atoms. The summed E-state index contributed by atoms with van der Waals surface area (Å²) in [7, 11) is 0. The van der Waals surface area contributed by atoms with Crippen molar-refractivity contribution in [3.8, 4) is 11.5 Å². The molecule has 1 heterocycles. The number of carbonyl (C=O) groups excluding carboxylic acids is 2. The standard InChI is InChI=1S/C21H21NO5/c1-2-3-12-25-21(24)15-4-7-17(8-5-15)22-11-10-18(23)16-6-9-19-20(13-16)27-14-26-19/h4-11,13,22H,2-3,12,14H2,1H3/b11-10+. The minimum absolute atomic E-state index is 0.156. The number of ether oxygens (including phenoxy) is 3. The number of carbonyl (C=O) groups is 2. The Morgan fingerprint density at radius 3 is 2.59 bits per heavy atom. The van der Waals surface area contributed by atoms with Gasteiger partial charge in [-0.15, -0.1) is 0 Å². The van der Waals surface area contributed by atoms with Gasteiger partial charge in [-0.1, -0.05) is 13.3 Å². The number of benzene rings is 2. The highest BCUT2D eigenvalue weighted by Crippen LogP contribution is 2.32. The molecule has 140 valence electrons. The van der Waals surface area contributed by atoms with Crippen molar-refractivity contribution in [2.45, 2.75) is 19.8 Å². The smallest absolute Gasteiger partial charge is 0.338 e. The number of fused-ring (bicyclic) bond motifs is 1. The van der Waals surface area contributed by atoms with Crippen molar-refractivity contribution in [2.75, 3.05) is 18.7 Å². The fraction of sp³-hybridized carbons (Fsp3) is 0.238. The molecule has 0 atom stereocenters. The summed E-state index contributed by atoms with van der Waals surface area (Å²) in [6.45, 7) is 2.64.